The van der Waals surface area contributed by atoms with E-state index in [1.807, 2.05) is 12.3 Å². The number of likely N-dealkylation sites (N-methyl/N-ethyl adjacent to an activating group) is 1. The smallest absolute Gasteiger partial charge is 0.261 e. The van der Waals surface area contributed by atoms with Crippen molar-refractivity contribution < 1.29 is 9.59 Å². The largest absolute Gasteiger partial charge is 0.338 e. The van der Waals surface area contributed by atoms with Gasteiger partial charge in [0, 0.05) is 17.1 Å². The molecule has 1 N–H and O–H groups in total. The van der Waals surface area contributed by atoms with Crippen LogP contribution in [-0.4, -0.2) is 29.3 Å². The molecule has 0 radical (unpaired) electrons. The maximum Gasteiger partial charge on any atom is 0.261 e. The summed E-state index contributed by atoms with van der Waals surface area (Å²) in [7, 11) is 1.43. The van der Waals surface area contributed by atoms with Crippen LogP contribution in [0.1, 0.15) is 42.5 Å². The van der Waals surface area contributed by atoms with Crippen LogP contribution < -0.4 is 5.32 Å². The standard InChI is InChI=1S/C16H18BrN3O2/c1-20(11-18)15(22)16(8-3-2-4-9-16)19-14(21)12-6-5-7-13(17)10-12/h5-7,10H,2-4,8-9H2,1H3,(H,19,21). The zero-order valence-electron chi connectivity index (χ0n) is 12.4. The van der Waals surface area contributed by atoms with Crippen molar-refractivity contribution in [1.82, 2.24) is 10.2 Å². The summed E-state index contributed by atoms with van der Waals surface area (Å²) in [5.74, 6) is -0.624. The molecule has 1 aliphatic carbocycles. The highest BCUT2D eigenvalue weighted by Crippen LogP contribution is 2.30. The van der Waals surface area contributed by atoms with Gasteiger partial charge in [-0.3, -0.25) is 14.5 Å². The van der Waals surface area contributed by atoms with Gasteiger partial charge in [-0.15, -0.1) is 0 Å². The maximum absolute atomic E-state index is 12.6. The molecule has 2 amide bonds. The summed E-state index contributed by atoms with van der Waals surface area (Å²) < 4.78 is 0.804. The lowest BCUT2D eigenvalue weighted by Crippen LogP contribution is -2.59. The molecule has 6 heteroatoms. The Hall–Kier alpha value is -1.87. The lowest BCUT2D eigenvalue weighted by atomic mass is 9.80. The van der Waals surface area contributed by atoms with Crippen molar-refractivity contribution in [3.05, 3.63) is 34.3 Å². The monoisotopic (exact) mass is 363 g/mol. The van der Waals surface area contributed by atoms with Crippen molar-refractivity contribution in [3.63, 3.8) is 0 Å². The van der Waals surface area contributed by atoms with Gasteiger partial charge in [0.05, 0.1) is 0 Å². The number of carbonyl (C=O) groups is 2. The Labute approximate surface area is 138 Å². The lowest BCUT2D eigenvalue weighted by molar-refractivity contribution is -0.135. The third-order valence-corrected chi connectivity index (χ3v) is 4.50. The van der Waals surface area contributed by atoms with Gasteiger partial charge in [0.15, 0.2) is 6.19 Å². The number of nitrogens with zero attached hydrogens (tertiary/aromatic N) is 2. The molecule has 0 bridgehead atoms. The first-order valence-corrected chi connectivity index (χ1v) is 8.04. The molecule has 2 rings (SSSR count). The minimum absolute atomic E-state index is 0.289. The molecule has 5 nitrogen and oxygen atoms in total. The molecule has 0 saturated heterocycles. The maximum atomic E-state index is 12.6. The highest BCUT2D eigenvalue weighted by Gasteiger charge is 2.42. The van der Waals surface area contributed by atoms with E-state index in [2.05, 4.69) is 21.2 Å². The number of amides is 2. The van der Waals surface area contributed by atoms with E-state index in [0.29, 0.717) is 18.4 Å². The second-order valence-electron chi connectivity index (χ2n) is 5.57. The summed E-state index contributed by atoms with van der Waals surface area (Å²) in [6.45, 7) is 0. The Morgan fingerprint density at radius 1 is 1.32 bits per heavy atom. The highest BCUT2D eigenvalue weighted by molar-refractivity contribution is 9.10. The Morgan fingerprint density at radius 2 is 2.00 bits per heavy atom. The van der Waals surface area contributed by atoms with Gasteiger partial charge in [-0.25, -0.2) is 0 Å². The van der Waals surface area contributed by atoms with E-state index in [1.165, 1.54) is 7.05 Å². The zero-order chi connectivity index (χ0) is 16.2. The lowest BCUT2D eigenvalue weighted by Gasteiger charge is -2.37. The van der Waals surface area contributed by atoms with Crippen LogP contribution in [0.3, 0.4) is 0 Å². The van der Waals surface area contributed by atoms with Crippen molar-refractivity contribution >= 4 is 27.7 Å². The molecule has 1 aliphatic rings. The molecule has 0 aromatic heterocycles. The summed E-state index contributed by atoms with van der Waals surface area (Å²) in [5, 5.41) is 11.9. The molecule has 1 aromatic carbocycles. The van der Waals surface area contributed by atoms with Crippen molar-refractivity contribution in [2.45, 2.75) is 37.6 Å². The molecule has 0 aliphatic heterocycles. The normalized spacial score (nSPS) is 16.4. The van der Waals surface area contributed by atoms with E-state index in [4.69, 9.17) is 5.26 Å². The molecule has 0 heterocycles. The van der Waals surface area contributed by atoms with E-state index in [9.17, 15) is 9.59 Å². The molecule has 0 spiro atoms. The fourth-order valence-electron chi connectivity index (χ4n) is 2.83. The first-order valence-electron chi connectivity index (χ1n) is 7.24. The quantitative estimate of drug-likeness (QED) is 0.662. The van der Waals surface area contributed by atoms with Crippen molar-refractivity contribution in [1.29, 1.82) is 5.26 Å². The number of halogens is 1. The van der Waals surface area contributed by atoms with Gasteiger partial charge in [0.25, 0.3) is 11.8 Å². The Morgan fingerprint density at radius 3 is 2.59 bits per heavy atom. The highest BCUT2D eigenvalue weighted by atomic mass is 79.9. The second-order valence-corrected chi connectivity index (χ2v) is 6.49. The number of nitriles is 1. The van der Waals surface area contributed by atoms with Gasteiger partial charge in [0.1, 0.15) is 5.54 Å². The number of carbonyl (C=O) groups excluding carboxylic acids is 2. The Balaban J connectivity index is 2.25. The van der Waals surface area contributed by atoms with Gasteiger partial charge in [0.2, 0.25) is 0 Å². The minimum atomic E-state index is -0.970. The van der Waals surface area contributed by atoms with E-state index >= 15 is 0 Å². The Bertz CT molecular complexity index is 618. The van der Waals surface area contributed by atoms with Crippen LogP contribution in [0.5, 0.6) is 0 Å². The van der Waals surface area contributed by atoms with Gasteiger partial charge in [-0.2, -0.15) is 5.26 Å². The zero-order valence-corrected chi connectivity index (χ0v) is 14.0. The molecule has 0 atom stereocenters. The van der Waals surface area contributed by atoms with Crippen molar-refractivity contribution in [2.24, 2.45) is 0 Å². The third-order valence-electron chi connectivity index (χ3n) is 4.01. The van der Waals surface area contributed by atoms with Gasteiger partial charge >= 0.3 is 0 Å². The number of nitrogens with one attached hydrogen (secondary N) is 1. The van der Waals surface area contributed by atoms with Crippen molar-refractivity contribution in [3.8, 4) is 6.19 Å². The molecule has 116 valence electrons. The fourth-order valence-corrected chi connectivity index (χ4v) is 3.23. The second kappa shape index (κ2) is 6.93. The minimum Gasteiger partial charge on any atom is -0.338 e. The third kappa shape index (κ3) is 3.47. The molecule has 1 aromatic rings. The van der Waals surface area contributed by atoms with Gasteiger partial charge in [-0.05, 0) is 31.0 Å². The predicted molar refractivity (Wildman–Crippen MR) is 85.8 cm³/mol. The first kappa shape index (κ1) is 16.5. The average molecular weight is 364 g/mol. The Kier molecular flexibility index (Phi) is 5.19. The van der Waals surface area contributed by atoms with Crippen molar-refractivity contribution in [2.75, 3.05) is 7.05 Å². The topological polar surface area (TPSA) is 73.2 Å². The first-order chi connectivity index (χ1) is 10.5. The SMILES string of the molecule is CN(C#N)C(=O)C1(NC(=O)c2cccc(Br)c2)CCCCC1. The number of hydrogen-bond acceptors (Lipinski definition) is 3. The number of benzene rings is 1. The van der Waals surface area contributed by atoms with Crippen LogP contribution in [0.4, 0.5) is 0 Å². The molecular weight excluding hydrogens is 346 g/mol. The van der Waals surface area contributed by atoms with E-state index in [1.54, 1.807) is 18.2 Å². The fraction of sp³-hybridized carbons (Fsp3) is 0.438. The predicted octanol–water partition coefficient (Wildman–Crippen LogP) is 2.82. The molecular formula is C16H18BrN3O2. The van der Waals surface area contributed by atoms with Crippen LogP contribution in [0.2, 0.25) is 0 Å². The molecule has 0 unspecified atom stereocenters. The summed E-state index contributed by atoms with van der Waals surface area (Å²) in [6, 6.07) is 7.02. The number of rotatable bonds is 3. The van der Waals surface area contributed by atoms with E-state index in [-0.39, 0.29) is 11.8 Å². The summed E-state index contributed by atoms with van der Waals surface area (Å²) in [6.07, 6.45) is 5.74. The van der Waals surface area contributed by atoms with Crippen LogP contribution in [0, 0.1) is 11.5 Å². The summed E-state index contributed by atoms with van der Waals surface area (Å²) in [5.41, 5.74) is -0.478. The molecule has 1 saturated carbocycles. The van der Waals surface area contributed by atoms with Crippen LogP contribution in [-0.2, 0) is 4.79 Å². The summed E-state index contributed by atoms with van der Waals surface area (Å²) >= 11 is 3.33. The molecule has 22 heavy (non-hydrogen) atoms. The van der Waals surface area contributed by atoms with Crippen LogP contribution in [0.15, 0.2) is 28.7 Å². The van der Waals surface area contributed by atoms with Crippen LogP contribution in [0.25, 0.3) is 0 Å². The van der Waals surface area contributed by atoms with Gasteiger partial charge in [-0.1, -0.05) is 41.3 Å². The van der Waals surface area contributed by atoms with E-state index in [0.717, 1.165) is 28.6 Å². The van der Waals surface area contributed by atoms with Crippen LogP contribution >= 0.6 is 15.9 Å². The average Bonchev–Trinajstić information content (AvgIpc) is 2.54. The summed E-state index contributed by atoms with van der Waals surface area (Å²) in [4.78, 5) is 26.1. The molecule has 1 fully saturated rings. The number of hydrogen-bond donors (Lipinski definition) is 1. The van der Waals surface area contributed by atoms with Gasteiger partial charge < -0.3 is 5.32 Å². The van der Waals surface area contributed by atoms with E-state index < -0.39 is 5.54 Å².